The molecule has 1 aliphatic rings. The van der Waals surface area contributed by atoms with E-state index in [0.717, 1.165) is 18.8 Å². The second kappa shape index (κ2) is 5.95. The van der Waals surface area contributed by atoms with Crippen molar-refractivity contribution >= 4 is 17.3 Å². The van der Waals surface area contributed by atoms with Gasteiger partial charge in [0.25, 0.3) is 0 Å². The zero-order chi connectivity index (χ0) is 15.7. The zero-order valence-corrected chi connectivity index (χ0v) is 13.2. The van der Waals surface area contributed by atoms with Crippen molar-refractivity contribution in [3.05, 3.63) is 40.5 Å². The van der Waals surface area contributed by atoms with E-state index < -0.39 is 0 Å². The number of halogens is 1. The lowest BCUT2D eigenvalue weighted by Gasteiger charge is -2.39. The molecule has 0 radical (unpaired) electrons. The third-order valence-electron chi connectivity index (χ3n) is 3.90. The van der Waals surface area contributed by atoms with Crippen LogP contribution in [0.5, 0.6) is 0 Å². The van der Waals surface area contributed by atoms with Crippen molar-refractivity contribution in [1.82, 2.24) is 15.0 Å². The second-order valence-electron chi connectivity index (χ2n) is 5.40. The van der Waals surface area contributed by atoms with Crippen LogP contribution >= 0.6 is 11.6 Å². The number of nitrogens with zero attached hydrogens (tertiary/aromatic N) is 5. The zero-order valence-electron chi connectivity index (χ0n) is 12.5. The number of hydrogen-bond donors (Lipinski definition) is 0. The lowest BCUT2D eigenvalue weighted by molar-refractivity contribution is 0.177. The number of aromatic nitrogens is 2. The summed E-state index contributed by atoms with van der Waals surface area (Å²) in [6.45, 7) is 4.13. The van der Waals surface area contributed by atoms with E-state index in [9.17, 15) is 5.26 Å². The second-order valence-corrected chi connectivity index (χ2v) is 5.83. The van der Waals surface area contributed by atoms with E-state index in [-0.39, 0.29) is 6.04 Å². The molecule has 6 nitrogen and oxygen atoms in total. The van der Waals surface area contributed by atoms with Crippen molar-refractivity contribution in [3.8, 4) is 6.07 Å². The van der Waals surface area contributed by atoms with Crippen LogP contribution in [0.1, 0.15) is 23.3 Å². The van der Waals surface area contributed by atoms with E-state index >= 15 is 0 Å². The number of likely N-dealkylation sites (N-methyl/N-ethyl adjacent to an activating group) is 1. The molecular formula is C15H16ClN5O. The van der Waals surface area contributed by atoms with E-state index in [1.807, 2.05) is 13.1 Å². The van der Waals surface area contributed by atoms with E-state index in [1.165, 1.54) is 0 Å². The monoisotopic (exact) mass is 317 g/mol. The Morgan fingerprint density at radius 1 is 1.41 bits per heavy atom. The first-order chi connectivity index (χ1) is 10.6. The summed E-state index contributed by atoms with van der Waals surface area (Å²) < 4.78 is 5.32. The minimum atomic E-state index is 0.000439. The van der Waals surface area contributed by atoms with Gasteiger partial charge in [0, 0.05) is 24.7 Å². The molecule has 1 unspecified atom stereocenters. The maximum atomic E-state index is 9.31. The largest absolute Gasteiger partial charge is 0.367 e. The predicted molar refractivity (Wildman–Crippen MR) is 82.8 cm³/mol. The maximum absolute atomic E-state index is 9.31. The molecule has 3 rings (SSSR count). The Labute approximate surface area is 133 Å². The summed E-state index contributed by atoms with van der Waals surface area (Å²) in [5, 5.41) is 13.8. The molecule has 0 saturated carbocycles. The Bertz CT molecular complexity index is 723. The van der Waals surface area contributed by atoms with Crippen LogP contribution in [-0.4, -0.2) is 41.7 Å². The first kappa shape index (κ1) is 14.8. The van der Waals surface area contributed by atoms with Crippen LogP contribution in [-0.2, 0) is 0 Å². The van der Waals surface area contributed by atoms with Gasteiger partial charge >= 0.3 is 0 Å². The van der Waals surface area contributed by atoms with E-state index in [2.05, 4.69) is 26.0 Å². The van der Waals surface area contributed by atoms with Crippen molar-refractivity contribution in [1.29, 1.82) is 5.26 Å². The van der Waals surface area contributed by atoms with Crippen LogP contribution in [0.4, 0.5) is 5.69 Å². The average Bonchev–Trinajstić information content (AvgIpc) is 2.94. The highest BCUT2D eigenvalue weighted by Gasteiger charge is 2.30. The van der Waals surface area contributed by atoms with E-state index in [1.54, 1.807) is 19.1 Å². The molecule has 0 bridgehead atoms. The summed E-state index contributed by atoms with van der Waals surface area (Å²) in [6.07, 6.45) is 0. The number of piperazine rings is 1. The predicted octanol–water partition coefficient (Wildman–Crippen LogP) is 2.40. The van der Waals surface area contributed by atoms with Gasteiger partial charge in [-0.3, -0.25) is 4.90 Å². The molecule has 1 aliphatic heterocycles. The fourth-order valence-electron chi connectivity index (χ4n) is 2.67. The highest BCUT2D eigenvalue weighted by Crippen LogP contribution is 2.30. The molecule has 22 heavy (non-hydrogen) atoms. The maximum Gasteiger partial charge on any atom is 0.245 e. The van der Waals surface area contributed by atoms with Gasteiger partial charge in [-0.1, -0.05) is 16.8 Å². The van der Waals surface area contributed by atoms with Gasteiger partial charge in [0.15, 0.2) is 5.82 Å². The number of anilines is 1. The van der Waals surface area contributed by atoms with Crippen molar-refractivity contribution < 1.29 is 4.52 Å². The molecule has 7 heteroatoms. The van der Waals surface area contributed by atoms with Gasteiger partial charge < -0.3 is 9.42 Å². The normalized spacial score (nSPS) is 19.2. The summed E-state index contributed by atoms with van der Waals surface area (Å²) >= 11 is 6.09. The topological polar surface area (TPSA) is 69.2 Å². The Balaban J connectivity index is 1.90. The quantitative estimate of drug-likeness (QED) is 0.847. The molecule has 2 heterocycles. The molecule has 1 aromatic carbocycles. The molecule has 0 aliphatic carbocycles. The average molecular weight is 318 g/mol. The standard InChI is InChI=1S/C15H16ClN5O/c1-10-18-15(22-19-10)14-9-21(6-5-20(14)2)13-7-12(16)4-3-11(13)8-17/h3-4,7,14H,5-6,9H2,1-2H3. The van der Waals surface area contributed by atoms with Gasteiger partial charge in [0.1, 0.15) is 12.1 Å². The molecule has 2 aromatic rings. The summed E-state index contributed by atoms with van der Waals surface area (Å²) in [7, 11) is 2.03. The molecule has 1 aromatic heterocycles. The van der Waals surface area contributed by atoms with Gasteiger partial charge in [-0.05, 0) is 32.2 Å². The number of benzene rings is 1. The number of hydrogen-bond acceptors (Lipinski definition) is 6. The van der Waals surface area contributed by atoms with Crippen LogP contribution in [0.2, 0.25) is 5.02 Å². The molecule has 1 atom stereocenters. The van der Waals surface area contributed by atoms with Gasteiger partial charge in [0.05, 0.1) is 11.3 Å². The van der Waals surface area contributed by atoms with Gasteiger partial charge in [0.2, 0.25) is 5.89 Å². The van der Waals surface area contributed by atoms with Crippen LogP contribution in [0.15, 0.2) is 22.7 Å². The smallest absolute Gasteiger partial charge is 0.245 e. The summed E-state index contributed by atoms with van der Waals surface area (Å²) in [5.74, 6) is 1.23. The molecule has 0 N–H and O–H groups in total. The highest BCUT2D eigenvalue weighted by atomic mass is 35.5. The Morgan fingerprint density at radius 2 is 2.23 bits per heavy atom. The van der Waals surface area contributed by atoms with Crippen LogP contribution in [0.25, 0.3) is 0 Å². The minimum Gasteiger partial charge on any atom is -0.367 e. The van der Waals surface area contributed by atoms with Gasteiger partial charge in [-0.15, -0.1) is 0 Å². The lowest BCUT2D eigenvalue weighted by atomic mass is 10.1. The fourth-order valence-corrected chi connectivity index (χ4v) is 2.83. The minimum absolute atomic E-state index is 0.000439. The summed E-state index contributed by atoms with van der Waals surface area (Å²) in [5.41, 5.74) is 1.47. The van der Waals surface area contributed by atoms with Crippen LogP contribution in [0.3, 0.4) is 0 Å². The summed E-state index contributed by atoms with van der Waals surface area (Å²) in [6, 6.07) is 7.55. The van der Waals surface area contributed by atoms with Crippen molar-refractivity contribution in [2.75, 3.05) is 31.6 Å². The molecular weight excluding hydrogens is 302 g/mol. The Morgan fingerprint density at radius 3 is 2.91 bits per heavy atom. The Kier molecular flexibility index (Phi) is 4.01. The van der Waals surface area contributed by atoms with E-state index in [4.69, 9.17) is 16.1 Å². The molecule has 1 fully saturated rings. The first-order valence-corrected chi connectivity index (χ1v) is 7.41. The van der Waals surface area contributed by atoms with Crippen molar-refractivity contribution in [2.45, 2.75) is 13.0 Å². The van der Waals surface area contributed by atoms with Crippen LogP contribution < -0.4 is 4.90 Å². The third-order valence-corrected chi connectivity index (χ3v) is 4.13. The van der Waals surface area contributed by atoms with Crippen LogP contribution in [0, 0.1) is 18.3 Å². The molecule has 1 saturated heterocycles. The highest BCUT2D eigenvalue weighted by molar-refractivity contribution is 6.30. The van der Waals surface area contributed by atoms with Crippen molar-refractivity contribution in [2.24, 2.45) is 0 Å². The third kappa shape index (κ3) is 2.78. The van der Waals surface area contributed by atoms with E-state index in [0.29, 0.717) is 28.8 Å². The van der Waals surface area contributed by atoms with Crippen molar-refractivity contribution in [3.63, 3.8) is 0 Å². The first-order valence-electron chi connectivity index (χ1n) is 7.03. The molecule has 114 valence electrons. The number of nitriles is 1. The summed E-state index contributed by atoms with van der Waals surface area (Å²) in [4.78, 5) is 8.66. The van der Waals surface area contributed by atoms with Gasteiger partial charge in [-0.25, -0.2) is 0 Å². The number of aryl methyl sites for hydroxylation is 1. The fraction of sp³-hybridized carbons (Fsp3) is 0.400. The SMILES string of the molecule is Cc1noc(C2CN(c3cc(Cl)ccc3C#N)CCN2C)n1. The molecule has 0 spiro atoms. The molecule has 0 amide bonds. The number of rotatable bonds is 2. The lowest BCUT2D eigenvalue weighted by Crippen LogP contribution is -2.47. The van der Waals surface area contributed by atoms with Gasteiger partial charge in [-0.2, -0.15) is 10.2 Å². The Hall–Kier alpha value is -2.10.